The Balaban J connectivity index is 4.22. The van der Waals surface area contributed by atoms with Crippen LogP contribution in [0.5, 0.6) is 0 Å². The van der Waals surface area contributed by atoms with Crippen molar-refractivity contribution in [1.29, 1.82) is 0 Å². The Bertz CT molecular complexity index is 1690. The van der Waals surface area contributed by atoms with Crippen LogP contribution in [-0.4, -0.2) is 37.2 Å². The van der Waals surface area contributed by atoms with Gasteiger partial charge >= 0.3 is 17.9 Å². The molecular weight excluding hydrogens is 913 g/mol. The summed E-state index contributed by atoms with van der Waals surface area (Å²) >= 11 is 0. The zero-order valence-corrected chi connectivity index (χ0v) is 47.3. The lowest BCUT2D eigenvalue weighted by Crippen LogP contribution is -2.30. The largest absolute Gasteiger partial charge is 0.462 e. The van der Waals surface area contributed by atoms with E-state index in [1.165, 1.54) is 19.3 Å². The summed E-state index contributed by atoms with van der Waals surface area (Å²) in [6, 6.07) is 0. The van der Waals surface area contributed by atoms with Crippen LogP contribution >= 0.6 is 0 Å². The second-order valence-electron chi connectivity index (χ2n) is 18.8. The molecule has 6 nitrogen and oxygen atoms in total. The van der Waals surface area contributed by atoms with E-state index in [0.717, 1.165) is 173 Å². The predicted octanol–water partition coefficient (Wildman–Crippen LogP) is 20.1. The molecule has 0 fully saturated rings. The molecule has 0 amide bonds. The molecule has 0 aliphatic carbocycles. The molecule has 414 valence electrons. The summed E-state index contributed by atoms with van der Waals surface area (Å²) in [6.07, 6.45) is 88.4. The van der Waals surface area contributed by atoms with E-state index in [-0.39, 0.29) is 37.5 Å². The van der Waals surface area contributed by atoms with E-state index in [0.29, 0.717) is 12.8 Å². The van der Waals surface area contributed by atoms with E-state index in [4.69, 9.17) is 14.2 Å². The molecule has 74 heavy (non-hydrogen) atoms. The van der Waals surface area contributed by atoms with Crippen molar-refractivity contribution < 1.29 is 28.6 Å². The van der Waals surface area contributed by atoms with E-state index >= 15 is 0 Å². The second-order valence-corrected chi connectivity index (χ2v) is 18.8. The maximum Gasteiger partial charge on any atom is 0.306 e. The molecule has 0 aromatic rings. The smallest absolute Gasteiger partial charge is 0.306 e. The van der Waals surface area contributed by atoms with Gasteiger partial charge in [0, 0.05) is 19.3 Å². The van der Waals surface area contributed by atoms with Crippen LogP contribution in [0.25, 0.3) is 0 Å². The molecule has 0 aromatic carbocycles. The maximum absolute atomic E-state index is 12.8. The van der Waals surface area contributed by atoms with Gasteiger partial charge in [0.15, 0.2) is 6.10 Å². The minimum atomic E-state index is -0.803. The van der Waals surface area contributed by atoms with Gasteiger partial charge in [0.1, 0.15) is 13.2 Å². The lowest BCUT2D eigenvalue weighted by atomic mass is 10.1. The summed E-state index contributed by atoms with van der Waals surface area (Å²) < 4.78 is 16.7. The standard InChI is InChI=1S/C68H106O6/c1-4-7-10-13-16-18-20-22-24-26-27-28-29-30-31-32-33-34-35-36-37-38-39-40-41-43-44-46-48-50-52-55-58-61-67(70)73-64-65(63-72-66(69)60-57-54-15-12-9-6-3)74-68(71)62-59-56-53-51-49-47-45-42-25-23-21-19-17-14-11-8-5-2/h7-8,10-11,16-19,22-25,27-28,30-31,33-34,36-37,39-40,43-45,47,65H,4-6,9,12-15,20-21,26,29,32,35,38,41-42,46,48-64H2,1-3H3/b10-7-,11-8-,18-16-,19-17-,24-22-,25-23-,28-27-,31-30-,34-33-,37-36-,40-39-,44-43-,47-45-. The molecule has 0 heterocycles. The monoisotopic (exact) mass is 1020 g/mol. The molecular formula is C68H106O6. The average molecular weight is 1020 g/mol. The van der Waals surface area contributed by atoms with Gasteiger partial charge < -0.3 is 14.2 Å². The van der Waals surface area contributed by atoms with Crippen LogP contribution in [0.4, 0.5) is 0 Å². The summed E-state index contributed by atoms with van der Waals surface area (Å²) in [4.78, 5) is 37.9. The predicted molar refractivity (Wildman–Crippen MR) is 320 cm³/mol. The van der Waals surface area contributed by atoms with Gasteiger partial charge in [0.05, 0.1) is 0 Å². The van der Waals surface area contributed by atoms with Gasteiger partial charge in [0.25, 0.3) is 0 Å². The highest BCUT2D eigenvalue weighted by molar-refractivity contribution is 5.71. The van der Waals surface area contributed by atoms with Gasteiger partial charge in [-0.05, 0) is 128 Å². The van der Waals surface area contributed by atoms with Crippen molar-refractivity contribution in [2.75, 3.05) is 13.2 Å². The third-order valence-electron chi connectivity index (χ3n) is 11.8. The van der Waals surface area contributed by atoms with Gasteiger partial charge in [0.2, 0.25) is 0 Å². The number of carbonyl (C=O) groups excluding carboxylic acids is 3. The highest BCUT2D eigenvalue weighted by Gasteiger charge is 2.19. The first-order chi connectivity index (χ1) is 36.5. The van der Waals surface area contributed by atoms with Crippen molar-refractivity contribution in [3.8, 4) is 0 Å². The Morgan fingerprint density at radius 1 is 0.284 bits per heavy atom. The number of hydrogen-bond donors (Lipinski definition) is 0. The first kappa shape index (κ1) is 69.0. The summed E-state index contributed by atoms with van der Waals surface area (Å²) in [7, 11) is 0. The van der Waals surface area contributed by atoms with Crippen LogP contribution in [0.1, 0.15) is 233 Å². The molecule has 0 spiro atoms. The molecule has 0 rings (SSSR count). The van der Waals surface area contributed by atoms with Crippen molar-refractivity contribution in [1.82, 2.24) is 0 Å². The summed E-state index contributed by atoms with van der Waals surface area (Å²) in [5, 5.41) is 0. The summed E-state index contributed by atoms with van der Waals surface area (Å²) in [6.45, 7) is 6.29. The lowest BCUT2D eigenvalue weighted by Gasteiger charge is -2.18. The molecule has 0 N–H and O–H groups in total. The number of ether oxygens (including phenoxy) is 3. The normalized spacial score (nSPS) is 13.3. The van der Waals surface area contributed by atoms with E-state index in [9.17, 15) is 14.4 Å². The highest BCUT2D eigenvalue weighted by Crippen LogP contribution is 2.13. The Morgan fingerprint density at radius 3 is 0.824 bits per heavy atom. The summed E-state index contributed by atoms with van der Waals surface area (Å²) in [5.41, 5.74) is 0. The average Bonchev–Trinajstić information content (AvgIpc) is 3.40. The lowest BCUT2D eigenvalue weighted by molar-refractivity contribution is -0.167. The number of unbranched alkanes of at least 4 members (excludes halogenated alkanes) is 14. The Labute approximate surface area is 454 Å². The molecule has 1 atom stereocenters. The molecule has 0 aliphatic rings. The molecule has 0 radical (unpaired) electrons. The van der Waals surface area contributed by atoms with Gasteiger partial charge in [-0.1, -0.05) is 243 Å². The Hall–Kier alpha value is -4.97. The van der Waals surface area contributed by atoms with E-state index in [1.807, 2.05) is 0 Å². The first-order valence-electron chi connectivity index (χ1n) is 29.5. The van der Waals surface area contributed by atoms with Gasteiger partial charge in [-0.2, -0.15) is 0 Å². The van der Waals surface area contributed by atoms with E-state index in [1.54, 1.807) is 0 Å². The van der Waals surface area contributed by atoms with Crippen molar-refractivity contribution >= 4 is 17.9 Å². The number of carbonyl (C=O) groups is 3. The zero-order valence-electron chi connectivity index (χ0n) is 47.3. The molecule has 0 bridgehead atoms. The molecule has 1 unspecified atom stereocenters. The van der Waals surface area contributed by atoms with Crippen molar-refractivity contribution in [3.05, 3.63) is 158 Å². The van der Waals surface area contributed by atoms with Gasteiger partial charge in [-0.3, -0.25) is 14.4 Å². The topological polar surface area (TPSA) is 78.9 Å². The number of esters is 3. The third-order valence-corrected chi connectivity index (χ3v) is 11.8. The maximum atomic E-state index is 12.8. The molecule has 6 heteroatoms. The second kappa shape index (κ2) is 60.6. The van der Waals surface area contributed by atoms with Crippen LogP contribution in [0, 0.1) is 0 Å². The first-order valence-corrected chi connectivity index (χ1v) is 29.5. The Morgan fingerprint density at radius 2 is 0.527 bits per heavy atom. The number of hydrogen-bond acceptors (Lipinski definition) is 6. The van der Waals surface area contributed by atoms with Gasteiger partial charge in [-0.25, -0.2) is 0 Å². The SMILES string of the molecule is CC/C=C\C/C=C\C/C=C\C/C=C\C/C=C\C/C=C\C/C=C\C/C=C\C/C=C\CCCCCCCC(=O)OCC(COC(=O)CCCCCCCC)OC(=O)CCCCCC/C=C\C/C=C\C/C=C\C/C=C\CC. The van der Waals surface area contributed by atoms with Crippen LogP contribution < -0.4 is 0 Å². The fraction of sp³-hybridized carbons (Fsp3) is 0.574. The van der Waals surface area contributed by atoms with Crippen LogP contribution in [0.15, 0.2) is 158 Å². The van der Waals surface area contributed by atoms with Crippen molar-refractivity contribution in [2.24, 2.45) is 0 Å². The van der Waals surface area contributed by atoms with Crippen molar-refractivity contribution in [3.63, 3.8) is 0 Å². The minimum absolute atomic E-state index is 0.100. The fourth-order valence-electron chi connectivity index (χ4n) is 7.42. The third kappa shape index (κ3) is 57.9. The van der Waals surface area contributed by atoms with Crippen molar-refractivity contribution in [2.45, 2.75) is 239 Å². The molecule has 0 saturated carbocycles. The minimum Gasteiger partial charge on any atom is -0.462 e. The zero-order chi connectivity index (χ0) is 53.6. The molecule has 0 aliphatic heterocycles. The quantitative estimate of drug-likeness (QED) is 0.0261. The van der Waals surface area contributed by atoms with E-state index in [2.05, 4.69) is 179 Å². The van der Waals surface area contributed by atoms with Gasteiger partial charge in [-0.15, -0.1) is 0 Å². The fourth-order valence-corrected chi connectivity index (χ4v) is 7.42. The number of rotatable bonds is 51. The summed E-state index contributed by atoms with van der Waals surface area (Å²) in [5.74, 6) is -0.963. The highest BCUT2D eigenvalue weighted by atomic mass is 16.6. The number of allylic oxidation sites excluding steroid dienone is 26. The van der Waals surface area contributed by atoms with Crippen LogP contribution in [0.2, 0.25) is 0 Å². The molecule has 0 aromatic heterocycles. The van der Waals surface area contributed by atoms with E-state index < -0.39 is 6.10 Å². The Kier molecular flexibility index (Phi) is 56.5. The van der Waals surface area contributed by atoms with Crippen LogP contribution in [0.3, 0.4) is 0 Å². The van der Waals surface area contributed by atoms with Crippen LogP contribution in [-0.2, 0) is 28.6 Å². The molecule has 0 saturated heterocycles.